The van der Waals surface area contributed by atoms with E-state index in [1.54, 1.807) is 18.0 Å². The van der Waals surface area contributed by atoms with Gasteiger partial charge in [0.2, 0.25) is 5.82 Å². The molecule has 0 atom stereocenters. The van der Waals surface area contributed by atoms with Gasteiger partial charge in [0, 0.05) is 12.3 Å². The van der Waals surface area contributed by atoms with Crippen molar-refractivity contribution in [2.75, 3.05) is 12.4 Å². The minimum atomic E-state index is 0.603. The van der Waals surface area contributed by atoms with Gasteiger partial charge in [-0.3, -0.25) is 4.57 Å². The van der Waals surface area contributed by atoms with Gasteiger partial charge in [-0.25, -0.2) is 0 Å². The van der Waals surface area contributed by atoms with Crippen molar-refractivity contribution in [3.8, 4) is 17.3 Å². The zero-order chi connectivity index (χ0) is 17.6. The second kappa shape index (κ2) is 8.07. The summed E-state index contributed by atoms with van der Waals surface area (Å²) in [6.07, 6.45) is 3.46. The number of thioether (sulfide) groups is 1. The summed E-state index contributed by atoms with van der Waals surface area (Å²) >= 11 is 1.61. The number of aryl methyl sites for hydroxylation is 2. The Kier molecular flexibility index (Phi) is 5.60. The van der Waals surface area contributed by atoms with Crippen LogP contribution in [0.25, 0.3) is 11.6 Å². The summed E-state index contributed by atoms with van der Waals surface area (Å²) < 4.78 is 13.3. The van der Waals surface area contributed by atoms with Gasteiger partial charge < -0.3 is 9.15 Å². The minimum absolute atomic E-state index is 0.603. The van der Waals surface area contributed by atoms with Crippen LogP contribution in [0.2, 0.25) is 0 Å². The Morgan fingerprint density at radius 2 is 2.16 bits per heavy atom. The fourth-order valence-corrected chi connectivity index (χ4v) is 3.19. The maximum Gasteiger partial charge on any atom is 0.200 e. The summed E-state index contributed by atoms with van der Waals surface area (Å²) in [5.41, 5.74) is 2.34. The Hall–Kier alpha value is -2.47. The van der Waals surface area contributed by atoms with Gasteiger partial charge in [0.15, 0.2) is 10.9 Å². The second-order valence-corrected chi connectivity index (χ2v) is 6.71. The molecule has 0 spiro atoms. The SMILES string of the molecule is C=CCn1c(SCCOc2cc(C)ccc2C)nnc1-c1ccco1. The van der Waals surface area contributed by atoms with Gasteiger partial charge in [-0.05, 0) is 43.2 Å². The molecule has 1 aromatic carbocycles. The van der Waals surface area contributed by atoms with Crippen LogP contribution in [0, 0.1) is 13.8 Å². The molecule has 0 saturated heterocycles. The molecule has 0 saturated carbocycles. The summed E-state index contributed by atoms with van der Waals surface area (Å²) in [5.74, 6) is 3.13. The Balaban J connectivity index is 1.63. The summed E-state index contributed by atoms with van der Waals surface area (Å²) in [6, 6.07) is 9.95. The van der Waals surface area contributed by atoms with Gasteiger partial charge in [0.1, 0.15) is 5.75 Å². The van der Waals surface area contributed by atoms with Crippen molar-refractivity contribution < 1.29 is 9.15 Å². The van der Waals surface area contributed by atoms with Crippen LogP contribution in [-0.4, -0.2) is 27.1 Å². The molecule has 2 heterocycles. The molecule has 5 nitrogen and oxygen atoms in total. The van der Waals surface area contributed by atoms with Crippen molar-refractivity contribution in [2.45, 2.75) is 25.5 Å². The highest BCUT2D eigenvalue weighted by atomic mass is 32.2. The number of nitrogens with zero attached hydrogens (tertiary/aromatic N) is 3. The fraction of sp³-hybridized carbons (Fsp3) is 0.263. The van der Waals surface area contributed by atoms with Crippen LogP contribution in [0.5, 0.6) is 5.75 Å². The van der Waals surface area contributed by atoms with E-state index >= 15 is 0 Å². The van der Waals surface area contributed by atoms with Crippen LogP contribution in [0.1, 0.15) is 11.1 Å². The first kappa shape index (κ1) is 17.4. The van der Waals surface area contributed by atoms with Crippen molar-refractivity contribution in [1.82, 2.24) is 14.8 Å². The number of allylic oxidation sites excluding steroid dienone is 1. The van der Waals surface area contributed by atoms with E-state index in [1.165, 1.54) is 5.56 Å². The minimum Gasteiger partial charge on any atom is -0.492 e. The lowest BCUT2D eigenvalue weighted by Gasteiger charge is -2.10. The zero-order valence-corrected chi connectivity index (χ0v) is 15.3. The predicted molar refractivity (Wildman–Crippen MR) is 100 cm³/mol. The average molecular weight is 355 g/mol. The van der Waals surface area contributed by atoms with Crippen LogP contribution >= 0.6 is 11.8 Å². The standard InChI is InChI=1S/C19H21N3O2S/c1-4-9-22-18(16-6-5-10-23-16)20-21-19(22)25-12-11-24-17-13-14(2)7-8-15(17)3/h4-8,10,13H,1,9,11-12H2,2-3H3. The normalized spacial score (nSPS) is 10.8. The average Bonchev–Trinajstić information content (AvgIpc) is 3.25. The number of hydrogen-bond acceptors (Lipinski definition) is 5. The van der Waals surface area contributed by atoms with Crippen LogP contribution < -0.4 is 4.74 Å². The highest BCUT2D eigenvalue weighted by Gasteiger charge is 2.15. The quantitative estimate of drug-likeness (QED) is 0.338. The molecule has 0 amide bonds. The summed E-state index contributed by atoms with van der Waals surface area (Å²) in [5, 5.41) is 9.36. The van der Waals surface area contributed by atoms with E-state index in [-0.39, 0.29) is 0 Å². The van der Waals surface area contributed by atoms with Gasteiger partial charge >= 0.3 is 0 Å². The van der Waals surface area contributed by atoms with E-state index < -0.39 is 0 Å². The molecule has 0 N–H and O–H groups in total. The van der Waals surface area contributed by atoms with Crippen molar-refractivity contribution in [2.24, 2.45) is 0 Å². The molecule has 0 fully saturated rings. The van der Waals surface area contributed by atoms with Crippen LogP contribution in [0.3, 0.4) is 0 Å². The van der Waals surface area contributed by atoms with Gasteiger partial charge in [-0.15, -0.1) is 16.8 Å². The van der Waals surface area contributed by atoms with E-state index in [9.17, 15) is 0 Å². The molecule has 2 aromatic heterocycles. The lowest BCUT2D eigenvalue weighted by atomic mass is 10.1. The lowest BCUT2D eigenvalue weighted by molar-refractivity contribution is 0.341. The molecule has 0 radical (unpaired) electrons. The molecule has 0 bridgehead atoms. The van der Waals surface area contributed by atoms with Crippen LogP contribution in [-0.2, 0) is 6.54 Å². The van der Waals surface area contributed by atoms with Crippen molar-refractivity contribution in [3.63, 3.8) is 0 Å². The number of ether oxygens (including phenoxy) is 1. The fourth-order valence-electron chi connectivity index (χ4n) is 2.42. The first-order valence-electron chi connectivity index (χ1n) is 8.10. The van der Waals surface area contributed by atoms with Crippen LogP contribution in [0.15, 0.2) is 58.8 Å². The predicted octanol–water partition coefficient (Wildman–Crippen LogP) is 4.51. The number of benzene rings is 1. The molecule has 0 unspecified atom stereocenters. The molecule has 0 aliphatic rings. The molecule has 25 heavy (non-hydrogen) atoms. The van der Waals surface area contributed by atoms with Gasteiger partial charge in [-0.1, -0.05) is 30.0 Å². The monoisotopic (exact) mass is 355 g/mol. The maximum absolute atomic E-state index is 5.90. The third kappa shape index (κ3) is 4.14. The van der Waals surface area contributed by atoms with Gasteiger partial charge in [-0.2, -0.15) is 0 Å². The molecule has 0 aliphatic carbocycles. The van der Waals surface area contributed by atoms with E-state index in [4.69, 9.17) is 9.15 Å². The zero-order valence-electron chi connectivity index (χ0n) is 14.4. The van der Waals surface area contributed by atoms with E-state index in [0.717, 1.165) is 22.2 Å². The Morgan fingerprint density at radius 1 is 1.28 bits per heavy atom. The van der Waals surface area contributed by atoms with E-state index in [0.29, 0.717) is 24.7 Å². The number of hydrogen-bond donors (Lipinski definition) is 0. The smallest absolute Gasteiger partial charge is 0.200 e. The van der Waals surface area contributed by atoms with Crippen LogP contribution in [0.4, 0.5) is 0 Å². The largest absolute Gasteiger partial charge is 0.492 e. The van der Waals surface area contributed by atoms with Crippen molar-refractivity contribution >= 4 is 11.8 Å². The van der Waals surface area contributed by atoms with Crippen molar-refractivity contribution in [1.29, 1.82) is 0 Å². The molecule has 130 valence electrons. The Morgan fingerprint density at radius 3 is 2.92 bits per heavy atom. The highest BCUT2D eigenvalue weighted by molar-refractivity contribution is 7.99. The van der Waals surface area contributed by atoms with E-state index in [1.807, 2.05) is 22.8 Å². The molecular formula is C19H21N3O2S. The highest BCUT2D eigenvalue weighted by Crippen LogP contribution is 2.25. The second-order valence-electron chi connectivity index (χ2n) is 5.65. The first-order chi connectivity index (χ1) is 12.2. The third-order valence-electron chi connectivity index (χ3n) is 3.69. The molecule has 3 aromatic rings. The third-order valence-corrected chi connectivity index (χ3v) is 4.62. The summed E-state index contributed by atoms with van der Waals surface area (Å²) in [4.78, 5) is 0. The molecule has 6 heteroatoms. The van der Waals surface area contributed by atoms with E-state index in [2.05, 4.69) is 48.8 Å². The number of furan rings is 1. The molecule has 0 aliphatic heterocycles. The van der Waals surface area contributed by atoms with Gasteiger partial charge in [0.05, 0.1) is 12.9 Å². The first-order valence-corrected chi connectivity index (χ1v) is 9.08. The Labute approximate surface area is 151 Å². The lowest BCUT2D eigenvalue weighted by Crippen LogP contribution is -2.04. The maximum atomic E-state index is 5.90. The molecular weight excluding hydrogens is 334 g/mol. The summed E-state index contributed by atoms with van der Waals surface area (Å²) in [6.45, 7) is 9.16. The number of aromatic nitrogens is 3. The number of rotatable bonds is 8. The van der Waals surface area contributed by atoms with Gasteiger partial charge in [0.25, 0.3) is 0 Å². The summed E-state index contributed by atoms with van der Waals surface area (Å²) in [7, 11) is 0. The topological polar surface area (TPSA) is 53.1 Å². The molecule has 3 rings (SSSR count). The Bertz CT molecular complexity index is 840. The van der Waals surface area contributed by atoms with Crippen molar-refractivity contribution in [3.05, 3.63) is 60.4 Å².